The summed E-state index contributed by atoms with van der Waals surface area (Å²) in [7, 11) is 6.15. The number of nitrogens with zero attached hydrogens (tertiary/aromatic N) is 3. The number of guanidine groups is 1. The highest BCUT2D eigenvalue weighted by atomic mass is 15.2. The Hall–Kier alpha value is -1.75. The molecule has 0 amide bonds. The van der Waals surface area contributed by atoms with E-state index in [4.69, 9.17) is 0 Å². The van der Waals surface area contributed by atoms with Crippen molar-refractivity contribution >= 4 is 11.6 Å². The Morgan fingerprint density at radius 2 is 1.85 bits per heavy atom. The van der Waals surface area contributed by atoms with Crippen LogP contribution >= 0.6 is 0 Å². The summed E-state index contributed by atoms with van der Waals surface area (Å²) in [5.74, 6) is 0.942. The van der Waals surface area contributed by atoms with E-state index in [1.54, 1.807) is 0 Å². The zero-order valence-electron chi connectivity index (χ0n) is 16.9. The molecule has 0 saturated carbocycles. The van der Waals surface area contributed by atoms with Gasteiger partial charge in [-0.3, -0.25) is 4.99 Å². The highest BCUT2D eigenvalue weighted by molar-refractivity contribution is 5.80. The Bertz CT molecular complexity index is 514. The van der Waals surface area contributed by atoms with Crippen molar-refractivity contribution in [3.05, 3.63) is 30.3 Å². The Morgan fingerprint density at radius 3 is 2.58 bits per heavy atom. The van der Waals surface area contributed by atoms with Crippen LogP contribution in [0.3, 0.4) is 0 Å². The lowest BCUT2D eigenvalue weighted by Crippen LogP contribution is -2.44. The second kappa shape index (κ2) is 11.8. The number of anilines is 1. The summed E-state index contributed by atoms with van der Waals surface area (Å²) in [5, 5.41) is 7.05. The number of nitrogens with one attached hydrogen (secondary N) is 2. The molecule has 146 valence electrons. The predicted octanol–water partition coefficient (Wildman–Crippen LogP) is 2.94. The van der Waals surface area contributed by atoms with Crippen molar-refractivity contribution in [2.45, 2.75) is 44.6 Å². The fraction of sp³-hybridized carbons (Fsp3) is 0.667. The summed E-state index contributed by atoms with van der Waals surface area (Å²) in [6, 6.07) is 11.1. The number of unbranched alkanes of at least 4 members (excludes halogenated alkanes) is 4. The fourth-order valence-electron chi connectivity index (χ4n) is 3.43. The summed E-state index contributed by atoms with van der Waals surface area (Å²) < 4.78 is 0. The molecule has 5 nitrogen and oxygen atoms in total. The van der Waals surface area contributed by atoms with Crippen LogP contribution < -0.4 is 15.5 Å². The average molecular weight is 360 g/mol. The minimum atomic E-state index is 0.465. The van der Waals surface area contributed by atoms with Crippen molar-refractivity contribution in [2.24, 2.45) is 4.99 Å². The van der Waals surface area contributed by atoms with Crippen molar-refractivity contribution in [3.63, 3.8) is 0 Å². The summed E-state index contributed by atoms with van der Waals surface area (Å²) >= 11 is 0. The number of hydrogen-bond acceptors (Lipinski definition) is 3. The van der Waals surface area contributed by atoms with Crippen molar-refractivity contribution in [1.29, 1.82) is 0 Å². The van der Waals surface area contributed by atoms with Crippen LogP contribution in [0.1, 0.15) is 38.5 Å². The van der Waals surface area contributed by atoms with E-state index in [0.717, 1.165) is 32.0 Å². The van der Waals surface area contributed by atoms with E-state index in [1.807, 2.05) is 7.05 Å². The van der Waals surface area contributed by atoms with Crippen LogP contribution in [0.5, 0.6) is 0 Å². The van der Waals surface area contributed by atoms with Crippen molar-refractivity contribution < 1.29 is 0 Å². The van der Waals surface area contributed by atoms with Crippen LogP contribution in [0.2, 0.25) is 0 Å². The van der Waals surface area contributed by atoms with Gasteiger partial charge in [-0.15, -0.1) is 0 Å². The zero-order valence-corrected chi connectivity index (χ0v) is 16.9. The van der Waals surface area contributed by atoms with E-state index in [9.17, 15) is 0 Å². The average Bonchev–Trinajstić information content (AvgIpc) is 3.12. The Balaban J connectivity index is 1.57. The Labute approximate surface area is 159 Å². The maximum atomic E-state index is 4.39. The van der Waals surface area contributed by atoms with Crippen LogP contribution in [0.15, 0.2) is 35.3 Å². The minimum Gasteiger partial charge on any atom is -0.369 e. The summed E-state index contributed by atoms with van der Waals surface area (Å²) in [4.78, 5) is 9.09. The monoisotopic (exact) mass is 359 g/mol. The lowest BCUT2D eigenvalue weighted by molar-refractivity contribution is 0.389. The zero-order chi connectivity index (χ0) is 18.6. The third-order valence-electron chi connectivity index (χ3n) is 4.95. The summed E-state index contributed by atoms with van der Waals surface area (Å²) in [5.41, 5.74) is 1.31. The molecule has 0 spiro atoms. The van der Waals surface area contributed by atoms with Crippen LogP contribution in [0.4, 0.5) is 5.69 Å². The molecule has 1 aromatic carbocycles. The molecule has 1 heterocycles. The first-order valence-electron chi connectivity index (χ1n) is 10.1. The molecule has 1 atom stereocenters. The van der Waals surface area contributed by atoms with Gasteiger partial charge in [0.05, 0.1) is 0 Å². The van der Waals surface area contributed by atoms with E-state index in [0.29, 0.717) is 6.04 Å². The van der Waals surface area contributed by atoms with Crippen molar-refractivity contribution in [1.82, 2.24) is 15.5 Å². The maximum Gasteiger partial charge on any atom is 0.191 e. The van der Waals surface area contributed by atoms with E-state index in [-0.39, 0.29) is 0 Å². The molecular formula is C21H37N5. The van der Waals surface area contributed by atoms with Crippen LogP contribution in [0, 0.1) is 0 Å². The largest absolute Gasteiger partial charge is 0.369 e. The van der Waals surface area contributed by atoms with Crippen molar-refractivity contribution in [2.75, 3.05) is 52.2 Å². The normalized spacial score (nSPS) is 17.8. The molecule has 1 aliphatic heterocycles. The molecule has 2 N–H and O–H groups in total. The molecule has 1 fully saturated rings. The molecular weight excluding hydrogens is 322 g/mol. The number of hydrogen-bond donors (Lipinski definition) is 2. The third kappa shape index (κ3) is 7.65. The van der Waals surface area contributed by atoms with Crippen molar-refractivity contribution in [3.8, 4) is 0 Å². The first-order valence-corrected chi connectivity index (χ1v) is 10.1. The van der Waals surface area contributed by atoms with Gasteiger partial charge in [-0.05, 0) is 52.0 Å². The third-order valence-corrected chi connectivity index (χ3v) is 4.95. The molecule has 1 aromatic rings. The molecule has 1 unspecified atom stereocenters. The van der Waals surface area contributed by atoms with E-state index in [1.165, 1.54) is 44.3 Å². The second-order valence-corrected chi connectivity index (χ2v) is 7.48. The van der Waals surface area contributed by atoms with Gasteiger partial charge in [0.25, 0.3) is 0 Å². The van der Waals surface area contributed by atoms with E-state index >= 15 is 0 Å². The van der Waals surface area contributed by atoms with E-state index in [2.05, 4.69) is 69.9 Å². The molecule has 5 heteroatoms. The van der Waals surface area contributed by atoms with Gasteiger partial charge in [-0.1, -0.05) is 37.5 Å². The fourth-order valence-corrected chi connectivity index (χ4v) is 3.43. The van der Waals surface area contributed by atoms with Gasteiger partial charge >= 0.3 is 0 Å². The van der Waals surface area contributed by atoms with Crippen LogP contribution in [-0.4, -0.2) is 64.2 Å². The summed E-state index contributed by atoms with van der Waals surface area (Å²) in [6.45, 7) is 4.35. The van der Waals surface area contributed by atoms with Gasteiger partial charge in [-0.2, -0.15) is 0 Å². The molecule has 0 aliphatic carbocycles. The molecule has 1 saturated heterocycles. The highest BCUT2D eigenvalue weighted by Gasteiger charge is 2.23. The lowest BCUT2D eigenvalue weighted by Gasteiger charge is -2.20. The maximum absolute atomic E-state index is 4.39. The van der Waals surface area contributed by atoms with Gasteiger partial charge in [0.15, 0.2) is 5.96 Å². The van der Waals surface area contributed by atoms with Gasteiger partial charge in [0, 0.05) is 38.4 Å². The van der Waals surface area contributed by atoms with E-state index < -0.39 is 0 Å². The van der Waals surface area contributed by atoms with Crippen LogP contribution in [0.25, 0.3) is 0 Å². The first kappa shape index (κ1) is 20.6. The Morgan fingerprint density at radius 1 is 1.12 bits per heavy atom. The molecule has 2 rings (SSSR count). The molecule has 26 heavy (non-hydrogen) atoms. The second-order valence-electron chi connectivity index (χ2n) is 7.48. The molecule has 0 bridgehead atoms. The SMILES string of the molecule is CN=C(NCCCCCCCN(C)C)NC1CCN(c2ccccc2)C1. The first-order chi connectivity index (χ1) is 12.7. The molecule has 1 aliphatic rings. The Kier molecular flexibility index (Phi) is 9.32. The number of para-hydroxylation sites is 1. The molecule has 0 radical (unpaired) electrons. The summed E-state index contributed by atoms with van der Waals surface area (Å²) in [6.07, 6.45) is 7.63. The van der Waals surface area contributed by atoms with Gasteiger partial charge in [-0.25, -0.2) is 0 Å². The van der Waals surface area contributed by atoms with Gasteiger partial charge in [0.2, 0.25) is 0 Å². The number of aliphatic imine (C=N–C) groups is 1. The quantitative estimate of drug-likeness (QED) is 0.383. The highest BCUT2D eigenvalue weighted by Crippen LogP contribution is 2.19. The van der Waals surface area contributed by atoms with Gasteiger partial charge < -0.3 is 20.4 Å². The minimum absolute atomic E-state index is 0.465. The van der Waals surface area contributed by atoms with Crippen LogP contribution in [-0.2, 0) is 0 Å². The standard InChI is InChI=1S/C21H37N5/c1-22-21(23-15-10-5-4-6-11-16-25(2)3)24-19-14-17-26(18-19)20-12-8-7-9-13-20/h7-9,12-13,19H,4-6,10-11,14-18H2,1-3H3,(H2,22,23,24). The number of rotatable bonds is 10. The number of benzene rings is 1. The smallest absolute Gasteiger partial charge is 0.191 e. The van der Waals surface area contributed by atoms with Gasteiger partial charge in [0.1, 0.15) is 0 Å². The topological polar surface area (TPSA) is 42.9 Å². The predicted molar refractivity (Wildman–Crippen MR) is 113 cm³/mol. The lowest BCUT2D eigenvalue weighted by atomic mass is 10.1. The molecule has 0 aromatic heterocycles.